The Morgan fingerprint density at radius 1 is 1.20 bits per heavy atom. The van der Waals surface area contributed by atoms with Crippen LogP contribution in [0.2, 0.25) is 0 Å². The molecule has 0 amide bonds. The Bertz CT molecular complexity index is 331. The summed E-state index contributed by atoms with van der Waals surface area (Å²) in [5.41, 5.74) is 0.0207. The van der Waals surface area contributed by atoms with Crippen LogP contribution in [0.15, 0.2) is 0 Å². The molecule has 0 aromatic carbocycles. The van der Waals surface area contributed by atoms with E-state index in [-0.39, 0.29) is 5.54 Å². The molecule has 116 valence electrons. The van der Waals surface area contributed by atoms with Crippen molar-refractivity contribution in [3.05, 3.63) is 0 Å². The number of hydrogen-bond acceptors (Lipinski definition) is 3. The highest BCUT2D eigenvalue weighted by molar-refractivity contribution is 5.01. The van der Waals surface area contributed by atoms with Crippen molar-refractivity contribution < 1.29 is 5.11 Å². The zero-order valence-electron chi connectivity index (χ0n) is 13.3. The second kappa shape index (κ2) is 5.94. The van der Waals surface area contributed by atoms with Gasteiger partial charge < -0.3 is 10.4 Å². The molecule has 0 radical (unpaired) electrons. The lowest BCUT2D eigenvalue weighted by molar-refractivity contribution is 0.0178. The largest absolute Gasteiger partial charge is 0.394 e. The molecular formula is C17H32N2O. The standard InChI is InChI=1S/C17H32N2O/c1-13-7-9-19(14(2)10-13)16-4-3-8-17(11-16,12-20)18-15-5-6-15/h13-16,18,20H,3-12H2,1-2H3. The van der Waals surface area contributed by atoms with E-state index in [1.807, 2.05) is 0 Å². The van der Waals surface area contributed by atoms with E-state index in [9.17, 15) is 5.11 Å². The molecule has 4 unspecified atom stereocenters. The molecule has 0 aromatic heterocycles. The summed E-state index contributed by atoms with van der Waals surface area (Å²) in [4.78, 5) is 2.75. The molecule has 3 rings (SSSR count). The molecule has 3 fully saturated rings. The Morgan fingerprint density at radius 3 is 2.65 bits per heavy atom. The smallest absolute Gasteiger partial charge is 0.0613 e. The summed E-state index contributed by atoms with van der Waals surface area (Å²) >= 11 is 0. The molecule has 2 aliphatic carbocycles. The summed E-state index contributed by atoms with van der Waals surface area (Å²) in [6, 6.07) is 2.10. The van der Waals surface area contributed by atoms with Gasteiger partial charge in [0.2, 0.25) is 0 Å². The lowest BCUT2D eigenvalue weighted by Gasteiger charge is -2.48. The van der Waals surface area contributed by atoms with Crippen molar-refractivity contribution in [1.82, 2.24) is 10.2 Å². The van der Waals surface area contributed by atoms with Crippen LogP contribution in [-0.4, -0.2) is 46.8 Å². The fourth-order valence-electron chi connectivity index (χ4n) is 4.56. The minimum absolute atomic E-state index is 0.0207. The van der Waals surface area contributed by atoms with Crippen LogP contribution in [0.25, 0.3) is 0 Å². The van der Waals surface area contributed by atoms with E-state index in [2.05, 4.69) is 24.1 Å². The third-order valence-corrected chi connectivity index (χ3v) is 5.87. The van der Waals surface area contributed by atoms with E-state index in [4.69, 9.17) is 0 Å². The van der Waals surface area contributed by atoms with Crippen molar-refractivity contribution >= 4 is 0 Å². The Hall–Kier alpha value is -0.120. The molecule has 1 heterocycles. The van der Waals surface area contributed by atoms with Crippen molar-refractivity contribution in [1.29, 1.82) is 0 Å². The van der Waals surface area contributed by atoms with Gasteiger partial charge in [0.1, 0.15) is 0 Å². The molecule has 3 nitrogen and oxygen atoms in total. The number of hydrogen-bond donors (Lipinski definition) is 2. The van der Waals surface area contributed by atoms with Crippen LogP contribution in [-0.2, 0) is 0 Å². The average molecular weight is 280 g/mol. The number of piperidine rings is 1. The fourth-order valence-corrected chi connectivity index (χ4v) is 4.56. The van der Waals surface area contributed by atoms with Crippen molar-refractivity contribution in [2.75, 3.05) is 13.2 Å². The first-order chi connectivity index (χ1) is 9.62. The van der Waals surface area contributed by atoms with E-state index in [0.717, 1.165) is 24.8 Å². The molecule has 1 saturated heterocycles. The van der Waals surface area contributed by atoms with Crippen molar-refractivity contribution in [3.63, 3.8) is 0 Å². The van der Waals surface area contributed by atoms with Crippen LogP contribution < -0.4 is 5.32 Å². The van der Waals surface area contributed by atoms with Crippen LogP contribution >= 0.6 is 0 Å². The van der Waals surface area contributed by atoms with E-state index >= 15 is 0 Å². The van der Waals surface area contributed by atoms with Gasteiger partial charge in [0.15, 0.2) is 0 Å². The second-order valence-electron chi connectivity index (χ2n) is 7.82. The summed E-state index contributed by atoms with van der Waals surface area (Å²) < 4.78 is 0. The molecule has 0 aromatic rings. The van der Waals surface area contributed by atoms with E-state index < -0.39 is 0 Å². The van der Waals surface area contributed by atoms with Crippen molar-refractivity contribution in [2.45, 2.75) is 88.9 Å². The summed E-state index contributed by atoms with van der Waals surface area (Å²) in [6.45, 7) is 6.37. The van der Waals surface area contributed by atoms with Gasteiger partial charge in [-0.1, -0.05) is 6.92 Å². The highest BCUT2D eigenvalue weighted by Gasteiger charge is 2.42. The lowest BCUT2D eigenvalue weighted by Crippen LogP contribution is -2.58. The highest BCUT2D eigenvalue weighted by Crippen LogP contribution is 2.37. The molecule has 0 bridgehead atoms. The normalized spacial score (nSPS) is 43.6. The summed E-state index contributed by atoms with van der Waals surface area (Å²) in [6.07, 6.45) is 10.2. The van der Waals surface area contributed by atoms with Crippen LogP contribution in [0.1, 0.15) is 65.2 Å². The van der Waals surface area contributed by atoms with Crippen LogP contribution in [0.4, 0.5) is 0 Å². The maximum Gasteiger partial charge on any atom is 0.0613 e. The fraction of sp³-hybridized carbons (Fsp3) is 1.00. The number of aliphatic hydroxyl groups excluding tert-OH is 1. The zero-order chi connectivity index (χ0) is 14.2. The van der Waals surface area contributed by atoms with Gasteiger partial charge in [-0.15, -0.1) is 0 Å². The Labute approximate surface area is 124 Å². The first kappa shape index (κ1) is 14.8. The minimum Gasteiger partial charge on any atom is -0.394 e. The Kier molecular flexibility index (Phi) is 4.40. The van der Waals surface area contributed by atoms with Gasteiger partial charge in [0.05, 0.1) is 6.61 Å². The van der Waals surface area contributed by atoms with Crippen LogP contribution in [0.3, 0.4) is 0 Å². The van der Waals surface area contributed by atoms with Gasteiger partial charge in [0, 0.05) is 23.7 Å². The van der Waals surface area contributed by atoms with Crippen molar-refractivity contribution in [2.24, 2.45) is 5.92 Å². The molecule has 20 heavy (non-hydrogen) atoms. The molecule has 4 atom stereocenters. The average Bonchev–Trinajstić information content (AvgIpc) is 3.23. The maximum atomic E-state index is 9.96. The lowest BCUT2D eigenvalue weighted by atomic mass is 9.77. The van der Waals surface area contributed by atoms with Gasteiger partial charge in [-0.2, -0.15) is 0 Å². The van der Waals surface area contributed by atoms with Gasteiger partial charge in [-0.05, 0) is 70.8 Å². The van der Waals surface area contributed by atoms with Crippen LogP contribution in [0.5, 0.6) is 0 Å². The molecule has 3 aliphatic rings. The quantitative estimate of drug-likeness (QED) is 0.830. The first-order valence-corrected chi connectivity index (χ1v) is 8.76. The number of aliphatic hydroxyl groups is 1. The number of likely N-dealkylation sites (tertiary alicyclic amines) is 1. The SMILES string of the molecule is CC1CCN(C2CCCC(CO)(NC3CC3)C2)C(C)C1. The predicted octanol–water partition coefficient (Wildman–Crippen LogP) is 2.53. The molecule has 0 spiro atoms. The van der Waals surface area contributed by atoms with Crippen LogP contribution in [0, 0.1) is 5.92 Å². The van der Waals surface area contributed by atoms with Gasteiger partial charge >= 0.3 is 0 Å². The third-order valence-electron chi connectivity index (χ3n) is 5.87. The molecular weight excluding hydrogens is 248 g/mol. The molecule has 2 saturated carbocycles. The summed E-state index contributed by atoms with van der Waals surface area (Å²) in [5.74, 6) is 0.886. The highest BCUT2D eigenvalue weighted by atomic mass is 16.3. The van der Waals surface area contributed by atoms with E-state index in [0.29, 0.717) is 18.7 Å². The van der Waals surface area contributed by atoms with Gasteiger partial charge in [-0.25, -0.2) is 0 Å². The minimum atomic E-state index is 0.0207. The first-order valence-electron chi connectivity index (χ1n) is 8.76. The van der Waals surface area contributed by atoms with Gasteiger partial charge in [-0.3, -0.25) is 4.90 Å². The van der Waals surface area contributed by atoms with Gasteiger partial charge in [0.25, 0.3) is 0 Å². The summed E-state index contributed by atoms with van der Waals surface area (Å²) in [7, 11) is 0. The van der Waals surface area contributed by atoms with E-state index in [1.165, 1.54) is 45.1 Å². The monoisotopic (exact) mass is 280 g/mol. The Balaban J connectivity index is 1.64. The topological polar surface area (TPSA) is 35.5 Å². The van der Waals surface area contributed by atoms with E-state index in [1.54, 1.807) is 0 Å². The number of rotatable bonds is 4. The second-order valence-corrected chi connectivity index (χ2v) is 7.82. The number of nitrogens with one attached hydrogen (secondary N) is 1. The molecule has 3 heteroatoms. The molecule has 1 aliphatic heterocycles. The maximum absolute atomic E-state index is 9.96. The Morgan fingerprint density at radius 2 is 2.00 bits per heavy atom. The summed E-state index contributed by atoms with van der Waals surface area (Å²) in [5, 5.41) is 13.7. The third kappa shape index (κ3) is 3.20. The molecule has 2 N–H and O–H groups in total. The zero-order valence-corrected chi connectivity index (χ0v) is 13.3. The van der Waals surface area contributed by atoms with Crippen molar-refractivity contribution in [3.8, 4) is 0 Å². The number of nitrogens with zero attached hydrogens (tertiary/aromatic N) is 1. The predicted molar refractivity (Wildman–Crippen MR) is 82.8 cm³/mol.